The summed E-state index contributed by atoms with van der Waals surface area (Å²) in [6.07, 6.45) is 0. The first-order valence-corrected chi connectivity index (χ1v) is 4.13. The Morgan fingerprint density at radius 2 is 2.22 bits per heavy atom. The summed E-state index contributed by atoms with van der Waals surface area (Å²) in [5, 5.41) is 8.43. The van der Waals surface area contributed by atoms with Crippen molar-refractivity contribution in [3.63, 3.8) is 0 Å². The summed E-state index contributed by atoms with van der Waals surface area (Å²) < 4.78 is 1.26. The fraction of sp³-hybridized carbons (Fsp3) is 0. The second-order valence-electron chi connectivity index (χ2n) is 1.81. The zero-order chi connectivity index (χ0) is 6.69. The Kier molecular flexibility index (Phi) is 1.98. The maximum atomic E-state index is 8.43. The summed E-state index contributed by atoms with van der Waals surface area (Å²) in [5.41, 5.74) is 0.763. The summed E-state index contributed by atoms with van der Waals surface area (Å²) in [6.45, 7) is 0. The van der Waals surface area contributed by atoms with Crippen LogP contribution in [0.1, 0.15) is 5.56 Å². The van der Waals surface area contributed by atoms with E-state index in [0.29, 0.717) is 0 Å². The molecule has 0 N–H and O–H groups in total. The van der Waals surface area contributed by atoms with E-state index in [9.17, 15) is 0 Å². The van der Waals surface area contributed by atoms with Crippen LogP contribution in [0.2, 0.25) is 0 Å². The van der Waals surface area contributed by atoms with Crippen LogP contribution in [0.4, 0.5) is 0 Å². The van der Waals surface area contributed by atoms with Gasteiger partial charge < -0.3 is 0 Å². The van der Waals surface area contributed by atoms with Gasteiger partial charge in [-0.05, 0) is 0 Å². The van der Waals surface area contributed by atoms with Gasteiger partial charge in [0.2, 0.25) is 0 Å². The fourth-order valence-electron chi connectivity index (χ4n) is 0.641. The molecule has 9 heavy (non-hydrogen) atoms. The predicted molar refractivity (Wildman–Crippen MR) is 30.8 cm³/mol. The molecule has 0 saturated heterocycles. The second-order valence-corrected chi connectivity index (χ2v) is 3.53. The first-order chi connectivity index (χ1) is 4.33. The van der Waals surface area contributed by atoms with Crippen molar-refractivity contribution in [1.29, 1.82) is 5.26 Å². The van der Waals surface area contributed by atoms with Gasteiger partial charge in [-0.1, -0.05) is 0 Å². The fourth-order valence-corrected chi connectivity index (χ4v) is 1.39. The van der Waals surface area contributed by atoms with E-state index in [-0.39, 0.29) is 0 Å². The van der Waals surface area contributed by atoms with E-state index in [1.807, 2.05) is 24.3 Å². The minimum atomic E-state index is 0.763. The first kappa shape index (κ1) is 6.45. The molecule has 0 saturated carbocycles. The summed E-state index contributed by atoms with van der Waals surface area (Å²) in [4.78, 5) is 0. The van der Waals surface area contributed by atoms with Crippen molar-refractivity contribution in [3.05, 3.63) is 29.8 Å². The van der Waals surface area contributed by atoms with Crippen LogP contribution >= 0.6 is 0 Å². The molecule has 0 bridgehead atoms. The SMILES string of the molecule is N#Cc1ccc[c]([Zn])c1. The Morgan fingerprint density at radius 3 is 2.67 bits per heavy atom. The maximum absolute atomic E-state index is 8.43. The first-order valence-electron chi connectivity index (χ1n) is 2.65. The molecule has 0 aliphatic heterocycles. The van der Waals surface area contributed by atoms with Crippen molar-refractivity contribution in [2.75, 3.05) is 0 Å². The van der Waals surface area contributed by atoms with Crippen molar-refractivity contribution in [3.8, 4) is 6.07 Å². The van der Waals surface area contributed by atoms with Gasteiger partial charge in [0.05, 0.1) is 0 Å². The van der Waals surface area contributed by atoms with Gasteiger partial charge in [-0.25, -0.2) is 0 Å². The third kappa shape index (κ3) is 1.62. The Hall–Kier alpha value is -0.667. The van der Waals surface area contributed by atoms with Crippen molar-refractivity contribution < 1.29 is 18.3 Å². The molecule has 0 amide bonds. The quantitative estimate of drug-likeness (QED) is 0.523. The van der Waals surface area contributed by atoms with Gasteiger partial charge in [-0.3, -0.25) is 0 Å². The zero-order valence-electron chi connectivity index (χ0n) is 4.96. The normalized spacial score (nSPS) is 8.56. The summed E-state index contributed by atoms with van der Waals surface area (Å²) >= 11 is 1.12. The predicted octanol–water partition coefficient (Wildman–Crippen LogP) is 0.730. The van der Waals surface area contributed by atoms with E-state index < -0.39 is 0 Å². The molecule has 0 aliphatic carbocycles. The molecule has 0 unspecified atom stereocenters. The molecule has 1 rings (SSSR count). The number of hydrogen-bond donors (Lipinski definition) is 0. The molecule has 39 valence electrons. The monoisotopic (exact) mass is 166 g/mol. The van der Waals surface area contributed by atoms with E-state index in [0.717, 1.165) is 23.9 Å². The Morgan fingerprint density at radius 1 is 1.44 bits per heavy atom. The molecule has 0 radical (unpaired) electrons. The van der Waals surface area contributed by atoms with E-state index >= 15 is 0 Å². The van der Waals surface area contributed by atoms with Crippen molar-refractivity contribution in [2.45, 2.75) is 0 Å². The molecule has 1 nitrogen and oxygen atoms in total. The van der Waals surface area contributed by atoms with Crippen LogP contribution in [0, 0.1) is 11.3 Å². The van der Waals surface area contributed by atoms with Gasteiger partial charge in [-0.15, -0.1) is 0 Å². The van der Waals surface area contributed by atoms with Gasteiger partial charge in [0, 0.05) is 0 Å². The summed E-state index contributed by atoms with van der Waals surface area (Å²) in [7, 11) is 0. The molecular formula is C7H4NZn. The van der Waals surface area contributed by atoms with Crippen LogP contribution in [0.15, 0.2) is 24.3 Å². The topological polar surface area (TPSA) is 23.8 Å². The Balaban J connectivity index is 3.12. The molecule has 1 aromatic rings. The van der Waals surface area contributed by atoms with E-state index in [2.05, 4.69) is 6.07 Å². The third-order valence-electron chi connectivity index (χ3n) is 1.06. The average molecular weight is 168 g/mol. The molecule has 0 fully saturated rings. The van der Waals surface area contributed by atoms with E-state index in [1.165, 1.54) is 4.16 Å². The van der Waals surface area contributed by atoms with Gasteiger partial charge >= 0.3 is 63.6 Å². The minimum absolute atomic E-state index is 0.763. The molecule has 0 atom stereocenters. The molecule has 0 spiro atoms. The van der Waals surface area contributed by atoms with E-state index in [1.54, 1.807) is 0 Å². The number of rotatable bonds is 0. The Labute approximate surface area is 64.0 Å². The van der Waals surface area contributed by atoms with Gasteiger partial charge in [0.15, 0.2) is 0 Å². The molecular weight excluding hydrogens is 163 g/mol. The standard InChI is InChI=1S/C7H4N.Zn/c8-6-7-4-2-1-3-5-7;/h1-2,4-5H;. The number of benzene rings is 1. The van der Waals surface area contributed by atoms with Crippen LogP contribution in [0.3, 0.4) is 0 Å². The molecule has 0 aliphatic rings. The van der Waals surface area contributed by atoms with Gasteiger partial charge in [0.1, 0.15) is 0 Å². The van der Waals surface area contributed by atoms with Gasteiger partial charge in [-0.2, -0.15) is 0 Å². The zero-order valence-corrected chi connectivity index (χ0v) is 7.93. The molecule has 0 aromatic heterocycles. The average Bonchev–Trinajstić information content (AvgIpc) is 1.88. The second kappa shape index (κ2) is 2.75. The number of hydrogen-bond acceptors (Lipinski definition) is 1. The molecule has 1 aromatic carbocycles. The van der Waals surface area contributed by atoms with E-state index in [4.69, 9.17) is 5.26 Å². The van der Waals surface area contributed by atoms with Crippen molar-refractivity contribution in [1.82, 2.24) is 0 Å². The third-order valence-corrected chi connectivity index (χ3v) is 1.98. The van der Waals surface area contributed by atoms with Crippen LogP contribution in [-0.2, 0) is 18.3 Å². The van der Waals surface area contributed by atoms with Crippen LogP contribution in [-0.4, -0.2) is 0 Å². The molecule has 0 heterocycles. The van der Waals surface area contributed by atoms with Crippen LogP contribution in [0.25, 0.3) is 0 Å². The van der Waals surface area contributed by atoms with Crippen LogP contribution in [0.5, 0.6) is 0 Å². The number of nitriles is 1. The van der Waals surface area contributed by atoms with Crippen molar-refractivity contribution in [2.24, 2.45) is 0 Å². The van der Waals surface area contributed by atoms with Crippen LogP contribution < -0.4 is 4.16 Å². The number of nitrogens with zero attached hydrogens (tertiary/aromatic N) is 1. The van der Waals surface area contributed by atoms with Crippen molar-refractivity contribution >= 4 is 4.16 Å². The summed E-state index contributed by atoms with van der Waals surface area (Å²) in [6, 6.07) is 9.77. The Bertz CT molecular complexity index is 249. The van der Waals surface area contributed by atoms with Gasteiger partial charge in [0.25, 0.3) is 0 Å². The summed E-state index contributed by atoms with van der Waals surface area (Å²) in [5.74, 6) is 0. The molecule has 2 heteroatoms.